The lowest BCUT2D eigenvalue weighted by atomic mass is 9.91. The van der Waals surface area contributed by atoms with Crippen molar-refractivity contribution >= 4 is 11.6 Å². The van der Waals surface area contributed by atoms with E-state index in [2.05, 4.69) is 15.3 Å². The third-order valence-electron chi connectivity index (χ3n) is 5.73. The first-order valence-electron chi connectivity index (χ1n) is 9.59. The molecule has 0 bridgehead atoms. The number of aromatic nitrogens is 2. The van der Waals surface area contributed by atoms with E-state index in [1.165, 1.54) is 31.9 Å². The normalized spacial score (nSPS) is 18.3. The van der Waals surface area contributed by atoms with Gasteiger partial charge in [0.25, 0.3) is 5.91 Å². The number of anilines is 1. The molecule has 1 aromatic heterocycles. The van der Waals surface area contributed by atoms with E-state index >= 15 is 0 Å². The third-order valence-corrected chi connectivity index (χ3v) is 5.73. The van der Waals surface area contributed by atoms with Gasteiger partial charge in [-0.15, -0.1) is 0 Å². The number of nitrogens with zero attached hydrogens (tertiary/aromatic N) is 3. The minimum atomic E-state index is -4.67. The molecule has 1 saturated carbocycles. The van der Waals surface area contributed by atoms with Crippen LogP contribution in [0.1, 0.15) is 46.4 Å². The van der Waals surface area contributed by atoms with Gasteiger partial charge in [-0.1, -0.05) is 12.5 Å². The van der Waals surface area contributed by atoms with Crippen LogP contribution in [-0.2, 0) is 26.1 Å². The summed E-state index contributed by atoms with van der Waals surface area (Å²) in [6, 6.07) is 6.32. The van der Waals surface area contributed by atoms with E-state index in [0.717, 1.165) is 42.4 Å². The minimum Gasteiger partial charge on any atom is -0.322 e. The Bertz CT molecular complexity index is 886. The molecule has 0 unspecified atom stereocenters. The average Bonchev–Trinajstić information content (AvgIpc) is 2.88. The van der Waals surface area contributed by atoms with Crippen molar-refractivity contribution in [1.29, 1.82) is 0 Å². The Kier molecular flexibility index (Phi) is 4.91. The summed E-state index contributed by atoms with van der Waals surface area (Å²) in [5, 5.41) is 6.00. The summed E-state index contributed by atoms with van der Waals surface area (Å²) in [5.41, 5.74) is 1.27. The molecule has 5 nitrogen and oxygen atoms in total. The first-order chi connectivity index (χ1) is 13.3. The molecule has 1 aliphatic carbocycles. The number of carbonyl (C=O) groups excluding carboxylic acids is 1. The van der Waals surface area contributed by atoms with Crippen molar-refractivity contribution in [2.45, 2.75) is 44.3 Å². The van der Waals surface area contributed by atoms with Crippen molar-refractivity contribution in [2.24, 2.45) is 7.05 Å². The summed E-state index contributed by atoms with van der Waals surface area (Å²) in [6.07, 6.45) is 2.11. The largest absolute Gasteiger partial charge is 0.435 e. The van der Waals surface area contributed by atoms with Crippen LogP contribution in [0.5, 0.6) is 0 Å². The van der Waals surface area contributed by atoms with E-state index in [-0.39, 0.29) is 0 Å². The molecule has 0 atom stereocenters. The summed E-state index contributed by atoms with van der Waals surface area (Å²) >= 11 is 0. The average molecular weight is 392 g/mol. The minimum absolute atomic E-state index is 0.471. The molecule has 2 heterocycles. The maximum Gasteiger partial charge on any atom is 0.435 e. The monoisotopic (exact) mass is 392 g/mol. The Balaban J connectivity index is 1.50. The van der Waals surface area contributed by atoms with Crippen molar-refractivity contribution in [3.05, 3.63) is 46.8 Å². The Labute approximate surface area is 161 Å². The van der Waals surface area contributed by atoms with Gasteiger partial charge in [0.1, 0.15) is 0 Å². The number of amides is 1. The second kappa shape index (κ2) is 7.24. The number of fused-ring (bicyclic) bond motifs is 1. The Hall–Kier alpha value is -2.35. The van der Waals surface area contributed by atoms with E-state index in [1.807, 2.05) is 12.1 Å². The van der Waals surface area contributed by atoms with Gasteiger partial charge in [-0.05, 0) is 48.9 Å². The van der Waals surface area contributed by atoms with E-state index in [4.69, 9.17) is 0 Å². The molecule has 0 saturated heterocycles. The molecule has 2 aliphatic rings. The van der Waals surface area contributed by atoms with Crippen LogP contribution in [-0.4, -0.2) is 39.7 Å². The van der Waals surface area contributed by atoms with Crippen molar-refractivity contribution in [3.8, 4) is 0 Å². The van der Waals surface area contributed by atoms with E-state index in [1.54, 1.807) is 6.07 Å². The first kappa shape index (κ1) is 19.0. The highest BCUT2D eigenvalue weighted by atomic mass is 19.4. The van der Waals surface area contributed by atoms with Crippen LogP contribution >= 0.6 is 0 Å². The summed E-state index contributed by atoms with van der Waals surface area (Å²) in [6.45, 7) is 2.02. The molecule has 2 aromatic rings. The number of carbonyl (C=O) groups is 1. The smallest absolute Gasteiger partial charge is 0.322 e. The van der Waals surface area contributed by atoms with Gasteiger partial charge in [-0.3, -0.25) is 14.4 Å². The highest BCUT2D eigenvalue weighted by Gasteiger charge is 2.39. The SMILES string of the molecule is Cn1cc(C(=O)Nc2ccc3c(c2)CCN(C2CCC2)CC3)c(C(F)(F)F)n1. The van der Waals surface area contributed by atoms with Crippen LogP contribution in [0.15, 0.2) is 24.4 Å². The highest BCUT2D eigenvalue weighted by Crippen LogP contribution is 2.31. The molecular formula is C20H23F3N4O. The van der Waals surface area contributed by atoms with E-state index < -0.39 is 23.3 Å². The molecular weight excluding hydrogens is 369 g/mol. The Morgan fingerprint density at radius 2 is 1.89 bits per heavy atom. The van der Waals surface area contributed by atoms with Gasteiger partial charge < -0.3 is 5.32 Å². The van der Waals surface area contributed by atoms with Crippen LogP contribution < -0.4 is 5.32 Å². The molecule has 1 fully saturated rings. The van der Waals surface area contributed by atoms with Gasteiger partial charge in [-0.25, -0.2) is 0 Å². The van der Waals surface area contributed by atoms with Crippen molar-refractivity contribution in [3.63, 3.8) is 0 Å². The van der Waals surface area contributed by atoms with E-state index in [0.29, 0.717) is 11.7 Å². The predicted molar refractivity (Wildman–Crippen MR) is 99.2 cm³/mol. The van der Waals surface area contributed by atoms with Crippen molar-refractivity contribution in [1.82, 2.24) is 14.7 Å². The summed E-state index contributed by atoms with van der Waals surface area (Å²) in [7, 11) is 1.36. The maximum atomic E-state index is 13.1. The summed E-state index contributed by atoms with van der Waals surface area (Å²) < 4.78 is 40.3. The zero-order valence-electron chi connectivity index (χ0n) is 15.7. The number of hydrogen-bond donors (Lipinski definition) is 1. The molecule has 1 aliphatic heterocycles. The lowest BCUT2D eigenvalue weighted by Crippen LogP contribution is -2.41. The van der Waals surface area contributed by atoms with Crippen molar-refractivity contribution < 1.29 is 18.0 Å². The van der Waals surface area contributed by atoms with Crippen LogP contribution in [0, 0.1) is 0 Å². The number of halogens is 3. The predicted octanol–water partition coefficient (Wildman–Crippen LogP) is 3.64. The van der Waals surface area contributed by atoms with Gasteiger partial charge in [-0.2, -0.15) is 18.3 Å². The van der Waals surface area contributed by atoms with Gasteiger partial charge in [0.05, 0.1) is 5.56 Å². The Morgan fingerprint density at radius 3 is 2.54 bits per heavy atom. The fourth-order valence-corrected chi connectivity index (χ4v) is 4.00. The van der Waals surface area contributed by atoms with Gasteiger partial charge in [0.2, 0.25) is 0 Å². The van der Waals surface area contributed by atoms with E-state index in [9.17, 15) is 18.0 Å². The van der Waals surface area contributed by atoms with Crippen molar-refractivity contribution in [2.75, 3.05) is 18.4 Å². The molecule has 1 amide bonds. The van der Waals surface area contributed by atoms with Gasteiger partial charge in [0, 0.05) is 38.1 Å². The first-order valence-corrected chi connectivity index (χ1v) is 9.59. The number of alkyl halides is 3. The fourth-order valence-electron chi connectivity index (χ4n) is 4.00. The van der Waals surface area contributed by atoms with Gasteiger partial charge in [0.15, 0.2) is 5.69 Å². The molecule has 28 heavy (non-hydrogen) atoms. The lowest BCUT2D eigenvalue weighted by Gasteiger charge is -2.36. The molecule has 1 N–H and O–H groups in total. The molecule has 0 spiro atoms. The standard InChI is InChI=1S/C20H23F3N4O/c1-26-12-17(18(25-26)20(21,22)23)19(28)24-15-6-5-13-7-9-27(16-3-2-4-16)10-8-14(13)11-15/h5-6,11-12,16H,2-4,7-10H2,1H3,(H,24,28). The summed E-state index contributed by atoms with van der Waals surface area (Å²) in [4.78, 5) is 15.0. The Morgan fingerprint density at radius 1 is 1.18 bits per heavy atom. The number of rotatable bonds is 3. The molecule has 8 heteroatoms. The highest BCUT2D eigenvalue weighted by molar-refractivity contribution is 6.05. The van der Waals surface area contributed by atoms with Crippen LogP contribution in [0.4, 0.5) is 18.9 Å². The number of nitrogens with one attached hydrogen (secondary N) is 1. The van der Waals surface area contributed by atoms with Crippen LogP contribution in [0.3, 0.4) is 0 Å². The zero-order chi connectivity index (χ0) is 19.9. The van der Waals surface area contributed by atoms with Crippen LogP contribution in [0.2, 0.25) is 0 Å². The number of benzene rings is 1. The number of aryl methyl sites for hydroxylation is 1. The second-order valence-corrected chi connectivity index (χ2v) is 7.62. The summed E-state index contributed by atoms with van der Waals surface area (Å²) in [5.74, 6) is -0.801. The topological polar surface area (TPSA) is 50.2 Å². The molecule has 1 aromatic carbocycles. The second-order valence-electron chi connectivity index (χ2n) is 7.62. The zero-order valence-corrected chi connectivity index (χ0v) is 15.7. The quantitative estimate of drug-likeness (QED) is 0.868. The molecule has 4 rings (SSSR count). The maximum absolute atomic E-state index is 13.1. The van der Waals surface area contributed by atoms with Gasteiger partial charge >= 0.3 is 6.18 Å². The number of hydrogen-bond acceptors (Lipinski definition) is 3. The fraction of sp³-hybridized carbons (Fsp3) is 0.500. The lowest BCUT2D eigenvalue weighted by molar-refractivity contribution is -0.141. The molecule has 150 valence electrons. The van der Waals surface area contributed by atoms with Crippen LogP contribution in [0.25, 0.3) is 0 Å². The molecule has 0 radical (unpaired) electrons. The third kappa shape index (κ3) is 3.78.